The van der Waals surface area contributed by atoms with Gasteiger partial charge in [-0.25, -0.2) is 4.79 Å². The molecule has 0 aromatic rings. The molecule has 0 amide bonds. The quantitative estimate of drug-likeness (QED) is 0.213. The second-order valence-electron chi connectivity index (χ2n) is 5.34. The van der Waals surface area contributed by atoms with E-state index in [1.807, 2.05) is 5.94 Å². The van der Waals surface area contributed by atoms with Crippen molar-refractivity contribution in [2.45, 2.75) is 90.4 Å². The maximum Gasteiger partial charge on any atom is 0.120 e. The first kappa shape index (κ1) is 18.2. The van der Waals surface area contributed by atoms with Gasteiger partial charge in [0, 0.05) is 0 Å². The molecule has 0 aliphatic carbocycles. The molecule has 1 heteroatoms. The van der Waals surface area contributed by atoms with Crippen molar-refractivity contribution in [1.29, 1.82) is 0 Å². The fraction of sp³-hybridized carbons (Fsp3) is 0.778. The lowest BCUT2D eigenvalue weighted by Gasteiger charge is -2.00. The summed E-state index contributed by atoms with van der Waals surface area (Å²) in [5.74, 6) is 1.83. The van der Waals surface area contributed by atoms with Gasteiger partial charge in [0.25, 0.3) is 0 Å². The third kappa shape index (κ3) is 17.2. The predicted molar refractivity (Wildman–Crippen MR) is 85.1 cm³/mol. The molecule has 0 unspecified atom stereocenters. The van der Waals surface area contributed by atoms with Crippen molar-refractivity contribution in [2.75, 3.05) is 0 Å². The first-order chi connectivity index (χ1) is 9.41. The van der Waals surface area contributed by atoms with Gasteiger partial charge in [-0.15, -0.1) is 0 Å². The largest absolute Gasteiger partial charge is 0.234 e. The Hall–Kier alpha value is -0.810. The van der Waals surface area contributed by atoms with Crippen molar-refractivity contribution in [3.63, 3.8) is 0 Å². The summed E-state index contributed by atoms with van der Waals surface area (Å²) in [6, 6.07) is 0. The average molecular weight is 264 g/mol. The molecule has 0 aliphatic rings. The van der Waals surface area contributed by atoms with E-state index in [-0.39, 0.29) is 0 Å². The molecule has 0 bridgehead atoms. The predicted octanol–water partition coefficient (Wildman–Crippen LogP) is 6.02. The minimum absolute atomic E-state index is 0.911. The van der Waals surface area contributed by atoms with Gasteiger partial charge < -0.3 is 0 Å². The molecule has 0 saturated carbocycles. The first-order valence-electron chi connectivity index (χ1n) is 8.26. The lowest BCUT2D eigenvalue weighted by molar-refractivity contribution is 0.563. The molecular formula is C18H32O. The van der Waals surface area contributed by atoms with Crippen molar-refractivity contribution >= 4 is 5.94 Å². The zero-order chi connectivity index (χ0) is 14.0. The van der Waals surface area contributed by atoms with Crippen LogP contribution in [0.25, 0.3) is 0 Å². The molecule has 0 atom stereocenters. The minimum atomic E-state index is 0.911. The Bertz CT molecular complexity index is 236. The van der Waals surface area contributed by atoms with Crippen LogP contribution in [0.2, 0.25) is 0 Å². The van der Waals surface area contributed by atoms with Crippen LogP contribution in [0.4, 0.5) is 0 Å². The average Bonchev–Trinajstić information content (AvgIpc) is 2.43. The molecule has 0 aromatic carbocycles. The summed E-state index contributed by atoms with van der Waals surface area (Å²) in [6.07, 6.45) is 23.0. The van der Waals surface area contributed by atoms with E-state index in [0.29, 0.717) is 0 Å². The SMILES string of the molecule is CCCCC=CCCCCCCCCCCC=C=O. The Morgan fingerprint density at radius 3 is 1.68 bits per heavy atom. The summed E-state index contributed by atoms with van der Waals surface area (Å²) in [7, 11) is 0. The highest BCUT2D eigenvalue weighted by Gasteiger charge is 1.91. The number of rotatable bonds is 14. The summed E-state index contributed by atoms with van der Waals surface area (Å²) in [6.45, 7) is 2.24. The van der Waals surface area contributed by atoms with E-state index in [0.717, 1.165) is 12.8 Å². The molecule has 0 fully saturated rings. The number of hydrogen-bond donors (Lipinski definition) is 0. The standard InChI is InChI=1S/C18H32O/c1-2-3-4-5-6-7-8-9-10-11-12-13-14-15-16-17-18-19/h5-6,17H,2-4,7-16H2,1H3. The van der Waals surface area contributed by atoms with Gasteiger partial charge in [-0.3, -0.25) is 0 Å². The van der Waals surface area contributed by atoms with Gasteiger partial charge in [-0.05, 0) is 38.2 Å². The lowest BCUT2D eigenvalue weighted by atomic mass is 10.1. The molecule has 0 saturated heterocycles. The van der Waals surface area contributed by atoms with E-state index in [9.17, 15) is 4.79 Å². The summed E-state index contributed by atoms with van der Waals surface area (Å²) < 4.78 is 0. The Morgan fingerprint density at radius 1 is 0.684 bits per heavy atom. The Kier molecular flexibility index (Phi) is 16.5. The normalized spacial score (nSPS) is 10.8. The van der Waals surface area contributed by atoms with Gasteiger partial charge in [-0.2, -0.15) is 0 Å². The van der Waals surface area contributed by atoms with Crippen molar-refractivity contribution in [2.24, 2.45) is 0 Å². The molecule has 0 aromatic heterocycles. The second kappa shape index (κ2) is 17.2. The fourth-order valence-corrected chi connectivity index (χ4v) is 2.19. The van der Waals surface area contributed by atoms with Crippen LogP contribution in [-0.4, -0.2) is 5.94 Å². The van der Waals surface area contributed by atoms with E-state index in [4.69, 9.17) is 0 Å². The molecule has 0 heterocycles. The van der Waals surface area contributed by atoms with Crippen molar-refractivity contribution < 1.29 is 4.79 Å². The molecule has 0 rings (SSSR count). The van der Waals surface area contributed by atoms with Crippen LogP contribution < -0.4 is 0 Å². The molecular weight excluding hydrogens is 232 g/mol. The Balaban J connectivity index is 3.02. The lowest BCUT2D eigenvalue weighted by Crippen LogP contribution is -1.81. The summed E-state index contributed by atoms with van der Waals surface area (Å²) in [5.41, 5.74) is 0. The van der Waals surface area contributed by atoms with Gasteiger partial charge in [0.1, 0.15) is 5.94 Å². The number of allylic oxidation sites excluding steroid dienone is 3. The van der Waals surface area contributed by atoms with Crippen molar-refractivity contribution in [3.8, 4) is 0 Å². The van der Waals surface area contributed by atoms with E-state index in [1.54, 1.807) is 6.08 Å². The van der Waals surface area contributed by atoms with Crippen LogP contribution in [0.5, 0.6) is 0 Å². The third-order valence-corrected chi connectivity index (χ3v) is 3.44. The fourth-order valence-electron chi connectivity index (χ4n) is 2.19. The summed E-state index contributed by atoms with van der Waals surface area (Å²) in [5, 5.41) is 0. The number of hydrogen-bond acceptors (Lipinski definition) is 1. The summed E-state index contributed by atoms with van der Waals surface area (Å²) >= 11 is 0. The van der Waals surface area contributed by atoms with Crippen LogP contribution in [-0.2, 0) is 4.79 Å². The molecule has 0 N–H and O–H groups in total. The van der Waals surface area contributed by atoms with E-state index >= 15 is 0 Å². The highest BCUT2D eigenvalue weighted by atomic mass is 16.1. The topological polar surface area (TPSA) is 17.1 Å². The van der Waals surface area contributed by atoms with Gasteiger partial charge in [0.2, 0.25) is 0 Å². The Labute approximate surface area is 120 Å². The molecule has 0 spiro atoms. The molecule has 19 heavy (non-hydrogen) atoms. The van der Waals surface area contributed by atoms with E-state index in [1.165, 1.54) is 70.6 Å². The highest BCUT2D eigenvalue weighted by molar-refractivity contribution is 5.44. The van der Waals surface area contributed by atoms with Crippen LogP contribution >= 0.6 is 0 Å². The molecule has 0 aliphatic heterocycles. The minimum Gasteiger partial charge on any atom is -0.234 e. The highest BCUT2D eigenvalue weighted by Crippen LogP contribution is 2.11. The van der Waals surface area contributed by atoms with E-state index < -0.39 is 0 Å². The molecule has 110 valence electrons. The van der Waals surface area contributed by atoms with Gasteiger partial charge in [0.05, 0.1) is 0 Å². The van der Waals surface area contributed by atoms with Gasteiger partial charge in [-0.1, -0.05) is 70.4 Å². The maximum absolute atomic E-state index is 9.95. The number of unbranched alkanes of at least 4 members (excludes halogenated alkanes) is 11. The van der Waals surface area contributed by atoms with Crippen molar-refractivity contribution in [1.82, 2.24) is 0 Å². The zero-order valence-corrected chi connectivity index (χ0v) is 12.8. The van der Waals surface area contributed by atoms with Crippen LogP contribution in [0.15, 0.2) is 18.2 Å². The van der Waals surface area contributed by atoms with Crippen LogP contribution in [0.3, 0.4) is 0 Å². The first-order valence-corrected chi connectivity index (χ1v) is 8.26. The van der Waals surface area contributed by atoms with Crippen molar-refractivity contribution in [3.05, 3.63) is 18.2 Å². The van der Waals surface area contributed by atoms with Crippen LogP contribution in [0, 0.1) is 0 Å². The van der Waals surface area contributed by atoms with E-state index in [2.05, 4.69) is 19.1 Å². The maximum atomic E-state index is 9.95. The zero-order valence-electron chi connectivity index (χ0n) is 12.8. The monoisotopic (exact) mass is 264 g/mol. The summed E-state index contributed by atoms with van der Waals surface area (Å²) in [4.78, 5) is 9.95. The Morgan fingerprint density at radius 2 is 1.16 bits per heavy atom. The number of carbonyl (C=O) groups excluding carboxylic acids is 1. The second-order valence-corrected chi connectivity index (χ2v) is 5.34. The molecule has 1 nitrogen and oxygen atoms in total. The van der Waals surface area contributed by atoms with Gasteiger partial charge in [0.15, 0.2) is 0 Å². The molecule has 0 radical (unpaired) electrons. The third-order valence-electron chi connectivity index (χ3n) is 3.44. The smallest absolute Gasteiger partial charge is 0.120 e. The van der Waals surface area contributed by atoms with Crippen LogP contribution in [0.1, 0.15) is 90.4 Å². The van der Waals surface area contributed by atoms with Gasteiger partial charge >= 0.3 is 0 Å².